The van der Waals surface area contributed by atoms with Gasteiger partial charge in [-0.2, -0.15) is 0 Å². The Bertz CT molecular complexity index is 512. The smallest absolute Gasteiger partial charge is 0.110 e. The lowest BCUT2D eigenvalue weighted by Crippen LogP contribution is -2.35. The summed E-state index contributed by atoms with van der Waals surface area (Å²) in [6.07, 6.45) is 5.99. The third kappa shape index (κ3) is 2.18. The predicted octanol–water partition coefficient (Wildman–Crippen LogP) is 2.82. The van der Waals surface area contributed by atoms with E-state index >= 15 is 0 Å². The molecular formula is C15H19N3. The number of aromatic nitrogens is 2. The summed E-state index contributed by atoms with van der Waals surface area (Å²) in [5, 5.41) is 3.60. The van der Waals surface area contributed by atoms with Crippen LogP contribution in [0.3, 0.4) is 0 Å². The number of nitrogens with one attached hydrogen (secondary N) is 1. The van der Waals surface area contributed by atoms with Crippen molar-refractivity contribution < 1.29 is 0 Å². The fraction of sp³-hybridized carbons (Fsp3) is 0.400. The van der Waals surface area contributed by atoms with Gasteiger partial charge in [0.25, 0.3) is 0 Å². The molecule has 0 saturated heterocycles. The Balaban J connectivity index is 1.82. The van der Waals surface area contributed by atoms with E-state index in [0.717, 1.165) is 12.4 Å². The molecule has 0 unspecified atom stereocenters. The molecule has 0 spiro atoms. The molecular weight excluding hydrogens is 222 g/mol. The summed E-state index contributed by atoms with van der Waals surface area (Å²) >= 11 is 0. The monoisotopic (exact) mass is 241 g/mol. The number of hydrogen-bond donors (Lipinski definition) is 1. The maximum absolute atomic E-state index is 4.44. The van der Waals surface area contributed by atoms with Crippen LogP contribution in [0.25, 0.3) is 5.69 Å². The molecule has 0 atom stereocenters. The largest absolute Gasteiger partial charge is 0.308 e. The molecule has 1 saturated carbocycles. The van der Waals surface area contributed by atoms with Crippen molar-refractivity contribution in [2.24, 2.45) is 0 Å². The van der Waals surface area contributed by atoms with Gasteiger partial charge in [-0.1, -0.05) is 24.6 Å². The lowest BCUT2D eigenvalue weighted by Gasteiger charge is -2.26. The first-order valence-corrected chi connectivity index (χ1v) is 6.66. The van der Waals surface area contributed by atoms with Gasteiger partial charge < -0.3 is 5.32 Å². The quantitative estimate of drug-likeness (QED) is 0.892. The number of nitrogens with zero attached hydrogens (tertiary/aromatic N) is 2. The molecule has 0 radical (unpaired) electrons. The molecule has 3 heteroatoms. The number of imidazole rings is 1. The average molecular weight is 241 g/mol. The third-order valence-corrected chi connectivity index (χ3v) is 3.70. The van der Waals surface area contributed by atoms with Crippen LogP contribution in [-0.2, 0) is 6.54 Å². The number of para-hydroxylation sites is 1. The summed E-state index contributed by atoms with van der Waals surface area (Å²) < 4.78 is 2.23. The molecule has 2 aromatic rings. The van der Waals surface area contributed by atoms with E-state index in [1.54, 1.807) is 0 Å². The van der Waals surface area contributed by atoms with Crippen molar-refractivity contribution >= 4 is 0 Å². The molecule has 1 aliphatic carbocycles. The number of aryl methyl sites for hydroxylation is 1. The Morgan fingerprint density at radius 3 is 2.72 bits per heavy atom. The van der Waals surface area contributed by atoms with Crippen LogP contribution in [0.2, 0.25) is 0 Å². The zero-order chi connectivity index (χ0) is 12.4. The topological polar surface area (TPSA) is 29.9 Å². The van der Waals surface area contributed by atoms with Gasteiger partial charge in [0.15, 0.2) is 0 Å². The first-order valence-electron chi connectivity index (χ1n) is 6.66. The molecule has 0 bridgehead atoms. The van der Waals surface area contributed by atoms with E-state index < -0.39 is 0 Å². The summed E-state index contributed by atoms with van der Waals surface area (Å²) in [5.74, 6) is 1.05. The number of benzene rings is 1. The minimum Gasteiger partial charge on any atom is -0.308 e. The molecule has 1 fully saturated rings. The molecule has 1 aliphatic rings. The van der Waals surface area contributed by atoms with E-state index in [1.807, 2.05) is 12.3 Å². The van der Waals surface area contributed by atoms with Gasteiger partial charge in [0.05, 0.1) is 11.9 Å². The Hall–Kier alpha value is -1.61. The Morgan fingerprint density at radius 2 is 2.06 bits per heavy atom. The Labute approximate surface area is 108 Å². The van der Waals surface area contributed by atoms with Crippen molar-refractivity contribution in [3.8, 4) is 5.69 Å². The molecule has 1 aromatic carbocycles. The maximum atomic E-state index is 4.44. The van der Waals surface area contributed by atoms with E-state index in [-0.39, 0.29) is 0 Å². The highest BCUT2D eigenvalue weighted by Gasteiger charge is 2.17. The van der Waals surface area contributed by atoms with E-state index in [2.05, 4.69) is 46.1 Å². The van der Waals surface area contributed by atoms with Crippen molar-refractivity contribution in [2.75, 3.05) is 0 Å². The standard InChI is InChI=1S/C15H19N3/c1-12-16-10-15(11-17-13-6-5-7-13)18(12)14-8-3-2-4-9-14/h2-4,8-10,13,17H,5-7,11H2,1H3. The molecule has 3 nitrogen and oxygen atoms in total. The SMILES string of the molecule is Cc1ncc(CNC2CCC2)n1-c1ccccc1. The fourth-order valence-corrected chi connectivity index (χ4v) is 2.41. The van der Waals surface area contributed by atoms with Crippen LogP contribution in [0.4, 0.5) is 0 Å². The molecule has 18 heavy (non-hydrogen) atoms. The highest BCUT2D eigenvalue weighted by atomic mass is 15.1. The summed E-state index contributed by atoms with van der Waals surface area (Å²) in [6.45, 7) is 2.96. The summed E-state index contributed by atoms with van der Waals surface area (Å²) in [6, 6.07) is 11.1. The zero-order valence-corrected chi connectivity index (χ0v) is 10.8. The van der Waals surface area contributed by atoms with Crippen molar-refractivity contribution in [3.63, 3.8) is 0 Å². The molecule has 94 valence electrons. The molecule has 0 aliphatic heterocycles. The van der Waals surface area contributed by atoms with Crippen molar-refractivity contribution in [1.82, 2.24) is 14.9 Å². The normalized spacial score (nSPS) is 15.6. The van der Waals surface area contributed by atoms with Crippen LogP contribution in [0.1, 0.15) is 30.8 Å². The van der Waals surface area contributed by atoms with Crippen molar-refractivity contribution in [1.29, 1.82) is 0 Å². The van der Waals surface area contributed by atoms with Crippen LogP contribution >= 0.6 is 0 Å². The van der Waals surface area contributed by atoms with Gasteiger partial charge in [0, 0.05) is 18.3 Å². The highest BCUT2D eigenvalue weighted by Crippen LogP contribution is 2.19. The van der Waals surface area contributed by atoms with Gasteiger partial charge in [-0.05, 0) is 31.9 Å². The van der Waals surface area contributed by atoms with Crippen LogP contribution < -0.4 is 5.32 Å². The van der Waals surface area contributed by atoms with Gasteiger partial charge >= 0.3 is 0 Å². The van der Waals surface area contributed by atoms with Gasteiger partial charge in [-0.3, -0.25) is 4.57 Å². The summed E-state index contributed by atoms with van der Waals surface area (Å²) in [7, 11) is 0. The Kier molecular flexibility index (Phi) is 3.15. The molecule has 0 amide bonds. The second kappa shape index (κ2) is 4.94. The molecule has 1 N–H and O–H groups in total. The molecule has 3 rings (SSSR count). The van der Waals surface area contributed by atoms with Crippen LogP contribution in [-0.4, -0.2) is 15.6 Å². The van der Waals surface area contributed by atoms with E-state index in [1.165, 1.54) is 30.6 Å². The van der Waals surface area contributed by atoms with Crippen molar-refractivity contribution in [2.45, 2.75) is 38.8 Å². The van der Waals surface area contributed by atoms with Crippen LogP contribution in [0.15, 0.2) is 36.5 Å². The second-order valence-electron chi connectivity index (χ2n) is 4.98. The van der Waals surface area contributed by atoms with E-state index in [9.17, 15) is 0 Å². The molecule has 1 heterocycles. The number of rotatable bonds is 4. The Morgan fingerprint density at radius 1 is 1.28 bits per heavy atom. The maximum Gasteiger partial charge on any atom is 0.110 e. The van der Waals surface area contributed by atoms with Gasteiger partial charge in [-0.15, -0.1) is 0 Å². The summed E-state index contributed by atoms with van der Waals surface area (Å²) in [5.41, 5.74) is 2.43. The minimum absolute atomic E-state index is 0.712. The lowest BCUT2D eigenvalue weighted by molar-refractivity contribution is 0.336. The van der Waals surface area contributed by atoms with Gasteiger partial charge in [0.1, 0.15) is 5.82 Å². The highest BCUT2D eigenvalue weighted by molar-refractivity contribution is 5.35. The predicted molar refractivity (Wildman–Crippen MR) is 72.8 cm³/mol. The lowest BCUT2D eigenvalue weighted by atomic mass is 9.93. The molecule has 1 aromatic heterocycles. The van der Waals surface area contributed by atoms with Gasteiger partial charge in [-0.25, -0.2) is 4.98 Å². The first kappa shape index (κ1) is 11.5. The average Bonchev–Trinajstić information content (AvgIpc) is 2.70. The van der Waals surface area contributed by atoms with E-state index in [0.29, 0.717) is 6.04 Å². The fourth-order valence-electron chi connectivity index (χ4n) is 2.41. The van der Waals surface area contributed by atoms with E-state index in [4.69, 9.17) is 0 Å². The van der Waals surface area contributed by atoms with Gasteiger partial charge in [0.2, 0.25) is 0 Å². The third-order valence-electron chi connectivity index (χ3n) is 3.70. The van der Waals surface area contributed by atoms with Crippen molar-refractivity contribution in [3.05, 3.63) is 48.0 Å². The second-order valence-corrected chi connectivity index (χ2v) is 4.98. The van der Waals surface area contributed by atoms with Crippen LogP contribution in [0, 0.1) is 6.92 Å². The first-order chi connectivity index (χ1) is 8.84. The minimum atomic E-state index is 0.712. The zero-order valence-electron chi connectivity index (χ0n) is 10.8. The van der Waals surface area contributed by atoms with Crippen LogP contribution in [0.5, 0.6) is 0 Å². The summed E-state index contributed by atoms with van der Waals surface area (Å²) in [4.78, 5) is 4.44. The number of hydrogen-bond acceptors (Lipinski definition) is 2.